The van der Waals surface area contributed by atoms with Gasteiger partial charge in [0.05, 0.1) is 10.9 Å². The Morgan fingerprint density at radius 3 is 2.82 bits per heavy atom. The van der Waals surface area contributed by atoms with Crippen molar-refractivity contribution in [1.29, 1.82) is 0 Å². The minimum atomic E-state index is -0.322. The van der Waals surface area contributed by atoms with Crippen molar-refractivity contribution in [1.82, 2.24) is 9.55 Å². The third-order valence-electron chi connectivity index (χ3n) is 4.51. The quantitative estimate of drug-likeness (QED) is 0.651. The van der Waals surface area contributed by atoms with Crippen LogP contribution < -0.4 is 14.8 Å². The van der Waals surface area contributed by atoms with E-state index >= 15 is 0 Å². The minimum Gasteiger partial charge on any atom is -0.454 e. The van der Waals surface area contributed by atoms with Crippen LogP contribution in [0, 0.1) is 13.8 Å². The summed E-state index contributed by atoms with van der Waals surface area (Å²) >= 11 is 1.42. The van der Waals surface area contributed by atoms with Gasteiger partial charge in [-0.1, -0.05) is 29.5 Å². The Labute approximate surface area is 167 Å². The number of imidazole rings is 1. The SMILES string of the molecule is Cc1ccc(-n2ccnc2SC(C)C(=O)Nc2ccc3c(c2)OCO3)c(C)c1. The lowest BCUT2D eigenvalue weighted by atomic mass is 10.1. The number of hydrogen-bond donors (Lipinski definition) is 1. The second-order valence-electron chi connectivity index (χ2n) is 6.69. The normalized spacial score (nSPS) is 13.4. The lowest BCUT2D eigenvalue weighted by Crippen LogP contribution is -2.22. The minimum absolute atomic E-state index is 0.0981. The summed E-state index contributed by atoms with van der Waals surface area (Å²) in [6.07, 6.45) is 3.67. The maximum absolute atomic E-state index is 12.7. The van der Waals surface area contributed by atoms with Gasteiger partial charge in [-0.3, -0.25) is 9.36 Å². The van der Waals surface area contributed by atoms with Crippen molar-refractivity contribution in [3.63, 3.8) is 0 Å². The van der Waals surface area contributed by atoms with Crippen LogP contribution in [0.3, 0.4) is 0 Å². The van der Waals surface area contributed by atoms with E-state index in [-0.39, 0.29) is 18.0 Å². The van der Waals surface area contributed by atoms with E-state index in [1.807, 2.05) is 17.7 Å². The van der Waals surface area contributed by atoms with Crippen molar-refractivity contribution in [3.05, 3.63) is 59.9 Å². The van der Waals surface area contributed by atoms with Crippen LogP contribution in [0.1, 0.15) is 18.1 Å². The predicted octanol–water partition coefficient (Wildman–Crippen LogP) is 4.34. The van der Waals surface area contributed by atoms with Crippen LogP contribution in [-0.2, 0) is 4.79 Å². The smallest absolute Gasteiger partial charge is 0.237 e. The lowest BCUT2D eigenvalue weighted by molar-refractivity contribution is -0.115. The van der Waals surface area contributed by atoms with E-state index in [4.69, 9.17) is 9.47 Å². The second-order valence-corrected chi connectivity index (χ2v) is 8.00. The highest BCUT2D eigenvalue weighted by Crippen LogP contribution is 2.34. The van der Waals surface area contributed by atoms with Gasteiger partial charge in [0.15, 0.2) is 16.7 Å². The van der Waals surface area contributed by atoms with E-state index in [1.165, 1.54) is 17.3 Å². The van der Waals surface area contributed by atoms with Crippen LogP contribution in [0.2, 0.25) is 0 Å². The first-order chi connectivity index (χ1) is 13.5. The number of nitrogens with one attached hydrogen (secondary N) is 1. The third kappa shape index (κ3) is 3.71. The largest absolute Gasteiger partial charge is 0.454 e. The molecule has 4 rings (SSSR count). The zero-order chi connectivity index (χ0) is 19.7. The highest BCUT2D eigenvalue weighted by atomic mass is 32.2. The molecule has 0 saturated heterocycles. The van der Waals surface area contributed by atoms with Gasteiger partial charge in [-0.15, -0.1) is 0 Å². The fourth-order valence-electron chi connectivity index (χ4n) is 3.07. The average molecular weight is 395 g/mol. The number of carbonyl (C=O) groups is 1. The summed E-state index contributed by atoms with van der Waals surface area (Å²) in [5.41, 5.74) is 4.12. The zero-order valence-corrected chi connectivity index (χ0v) is 16.7. The fourth-order valence-corrected chi connectivity index (χ4v) is 3.94. The Morgan fingerprint density at radius 2 is 2.00 bits per heavy atom. The Morgan fingerprint density at radius 1 is 1.18 bits per heavy atom. The number of nitrogens with zero attached hydrogens (tertiary/aromatic N) is 2. The highest BCUT2D eigenvalue weighted by Gasteiger charge is 2.20. The fraction of sp³-hybridized carbons (Fsp3) is 0.238. The predicted molar refractivity (Wildman–Crippen MR) is 110 cm³/mol. The van der Waals surface area contributed by atoms with E-state index in [9.17, 15) is 4.79 Å². The zero-order valence-electron chi connectivity index (χ0n) is 15.9. The molecule has 1 unspecified atom stereocenters. The summed E-state index contributed by atoms with van der Waals surface area (Å²) in [5, 5.41) is 3.39. The van der Waals surface area contributed by atoms with E-state index < -0.39 is 0 Å². The Balaban J connectivity index is 1.47. The number of thioether (sulfide) groups is 1. The van der Waals surface area contributed by atoms with Crippen molar-refractivity contribution in [2.75, 3.05) is 12.1 Å². The molecule has 0 fully saturated rings. The summed E-state index contributed by atoms with van der Waals surface area (Å²) in [7, 11) is 0. The first kappa shape index (κ1) is 18.4. The monoisotopic (exact) mass is 395 g/mol. The third-order valence-corrected chi connectivity index (χ3v) is 5.59. The van der Waals surface area contributed by atoms with Crippen LogP contribution >= 0.6 is 11.8 Å². The molecule has 0 saturated carbocycles. The number of fused-ring (bicyclic) bond motifs is 1. The van der Waals surface area contributed by atoms with Crippen LogP contribution in [0.5, 0.6) is 11.5 Å². The number of ether oxygens (including phenoxy) is 2. The Hall–Kier alpha value is -2.93. The number of rotatable bonds is 5. The van der Waals surface area contributed by atoms with Gasteiger partial charge in [0, 0.05) is 24.1 Å². The lowest BCUT2D eigenvalue weighted by Gasteiger charge is -2.15. The van der Waals surface area contributed by atoms with Crippen molar-refractivity contribution in [3.8, 4) is 17.2 Å². The van der Waals surface area contributed by atoms with Gasteiger partial charge in [-0.05, 0) is 44.5 Å². The van der Waals surface area contributed by atoms with Gasteiger partial charge in [-0.2, -0.15) is 0 Å². The molecule has 0 radical (unpaired) electrons. The number of aryl methyl sites for hydroxylation is 2. The number of carbonyl (C=O) groups excluding carboxylic acids is 1. The summed E-state index contributed by atoms with van der Waals surface area (Å²) < 4.78 is 12.7. The Bertz CT molecular complexity index is 1030. The molecule has 3 aromatic rings. The molecule has 144 valence electrons. The Kier molecular flexibility index (Phi) is 5.00. The number of aromatic nitrogens is 2. The molecule has 2 aromatic carbocycles. The van der Waals surface area contributed by atoms with Gasteiger partial charge in [0.1, 0.15) is 0 Å². The van der Waals surface area contributed by atoms with E-state index in [2.05, 4.69) is 42.3 Å². The van der Waals surface area contributed by atoms with Crippen LogP contribution in [0.4, 0.5) is 5.69 Å². The van der Waals surface area contributed by atoms with E-state index in [1.54, 1.807) is 24.4 Å². The molecule has 1 amide bonds. The molecule has 7 heteroatoms. The van der Waals surface area contributed by atoms with Crippen molar-refractivity contribution in [2.45, 2.75) is 31.2 Å². The van der Waals surface area contributed by atoms with Gasteiger partial charge < -0.3 is 14.8 Å². The topological polar surface area (TPSA) is 65.4 Å². The summed E-state index contributed by atoms with van der Waals surface area (Å²) in [5.74, 6) is 1.23. The second kappa shape index (κ2) is 7.59. The average Bonchev–Trinajstić information content (AvgIpc) is 3.30. The summed E-state index contributed by atoms with van der Waals surface area (Å²) in [6.45, 7) is 6.23. The number of amides is 1. The summed E-state index contributed by atoms with van der Waals surface area (Å²) in [4.78, 5) is 17.1. The van der Waals surface area contributed by atoms with Gasteiger partial charge in [0.2, 0.25) is 12.7 Å². The molecule has 1 aliphatic heterocycles. The molecule has 6 nitrogen and oxygen atoms in total. The van der Waals surface area contributed by atoms with Crippen molar-refractivity contribution < 1.29 is 14.3 Å². The molecular weight excluding hydrogens is 374 g/mol. The molecule has 0 spiro atoms. The standard InChI is InChI=1S/C21H21N3O3S/c1-13-4-6-17(14(2)10-13)24-9-8-22-21(24)28-15(3)20(25)23-16-5-7-18-19(11-16)27-12-26-18/h4-11,15H,12H2,1-3H3,(H,23,25). The van der Waals surface area contributed by atoms with Crippen molar-refractivity contribution >= 4 is 23.4 Å². The van der Waals surface area contributed by atoms with Crippen molar-refractivity contribution in [2.24, 2.45) is 0 Å². The molecule has 28 heavy (non-hydrogen) atoms. The van der Waals surface area contributed by atoms with Gasteiger partial charge >= 0.3 is 0 Å². The van der Waals surface area contributed by atoms with Crippen LogP contribution in [-0.4, -0.2) is 27.5 Å². The maximum Gasteiger partial charge on any atom is 0.237 e. The molecule has 1 aliphatic rings. The number of anilines is 1. The molecule has 1 N–H and O–H groups in total. The van der Waals surface area contributed by atoms with Crippen LogP contribution in [0.15, 0.2) is 53.9 Å². The first-order valence-corrected chi connectivity index (χ1v) is 9.87. The number of benzene rings is 2. The first-order valence-electron chi connectivity index (χ1n) is 8.99. The van der Waals surface area contributed by atoms with Gasteiger partial charge in [-0.25, -0.2) is 4.98 Å². The molecule has 0 bridgehead atoms. The van der Waals surface area contributed by atoms with Crippen LogP contribution in [0.25, 0.3) is 5.69 Å². The summed E-state index contributed by atoms with van der Waals surface area (Å²) in [6, 6.07) is 11.7. The highest BCUT2D eigenvalue weighted by molar-refractivity contribution is 8.00. The molecule has 2 heterocycles. The van der Waals surface area contributed by atoms with Gasteiger partial charge in [0.25, 0.3) is 0 Å². The van der Waals surface area contributed by atoms with E-state index in [0.29, 0.717) is 17.2 Å². The molecular formula is C21H21N3O3S. The molecule has 1 atom stereocenters. The molecule has 1 aromatic heterocycles. The van der Waals surface area contributed by atoms with E-state index in [0.717, 1.165) is 16.4 Å². The maximum atomic E-state index is 12.7. The molecule has 0 aliphatic carbocycles. The number of hydrogen-bond acceptors (Lipinski definition) is 5.